The molecule has 3 heterocycles. The monoisotopic (exact) mass is 366 g/mol. The Morgan fingerprint density at radius 3 is 2.73 bits per heavy atom. The van der Waals surface area contributed by atoms with Gasteiger partial charge in [0.2, 0.25) is 5.91 Å². The molecule has 1 amide bonds. The summed E-state index contributed by atoms with van der Waals surface area (Å²) in [4.78, 5) is 20.5. The maximum Gasteiger partial charge on any atom is 0.220 e. The molecule has 2 N–H and O–H groups in total. The maximum absolute atomic E-state index is 11.6. The van der Waals surface area contributed by atoms with E-state index in [1.807, 2.05) is 37.3 Å². The van der Waals surface area contributed by atoms with E-state index >= 15 is 0 Å². The van der Waals surface area contributed by atoms with Crippen molar-refractivity contribution in [1.29, 1.82) is 0 Å². The zero-order valence-electron chi connectivity index (χ0n) is 13.9. The minimum Gasteiger partial charge on any atom is -0.370 e. The number of aryl methyl sites for hydroxylation is 1. The van der Waals surface area contributed by atoms with Crippen molar-refractivity contribution in [3.8, 4) is 11.1 Å². The summed E-state index contributed by atoms with van der Waals surface area (Å²) in [5, 5.41) is 4.63. The molecule has 0 unspecified atom stereocenters. The number of primary amides is 1. The molecule has 0 spiro atoms. The third-order valence-electron chi connectivity index (χ3n) is 4.34. The van der Waals surface area contributed by atoms with Crippen molar-refractivity contribution in [1.82, 2.24) is 10.1 Å². The number of benzene rings is 1. The number of aliphatic imine (C=N–C) groups is 1. The summed E-state index contributed by atoms with van der Waals surface area (Å²) in [6, 6.07) is 8.77. The Bertz CT molecular complexity index is 1030. The Hall–Kier alpha value is -2.99. The first kappa shape index (κ1) is 16.5. The highest BCUT2D eigenvalue weighted by atomic mass is 35.5. The number of carbonyl (C=O) groups is 1. The second-order valence-corrected chi connectivity index (χ2v) is 6.48. The smallest absolute Gasteiger partial charge is 0.220 e. The number of nitrogens with two attached hydrogens (primary N) is 1. The lowest BCUT2D eigenvalue weighted by Gasteiger charge is -2.12. The summed E-state index contributed by atoms with van der Waals surface area (Å²) in [6.07, 6.45) is 3.39. The highest BCUT2D eigenvalue weighted by molar-refractivity contribution is 6.36. The molecule has 4 rings (SSSR count). The largest absolute Gasteiger partial charge is 0.370 e. The van der Waals surface area contributed by atoms with Crippen molar-refractivity contribution in [3.05, 3.63) is 70.3 Å². The van der Waals surface area contributed by atoms with E-state index in [1.54, 1.807) is 12.4 Å². The molecule has 0 radical (unpaired) electrons. The second-order valence-electron chi connectivity index (χ2n) is 6.07. The number of hydrogen-bond donors (Lipinski definition) is 1. The van der Waals surface area contributed by atoms with E-state index in [0.717, 1.165) is 22.3 Å². The number of aromatic nitrogens is 2. The highest BCUT2D eigenvalue weighted by Crippen LogP contribution is 2.42. The van der Waals surface area contributed by atoms with Crippen LogP contribution in [-0.4, -0.2) is 21.8 Å². The van der Waals surface area contributed by atoms with Crippen LogP contribution < -0.4 is 5.73 Å². The fourth-order valence-corrected chi connectivity index (χ4v) is 3.52. The molecule has 130 valence electrons. The number of pyridine rings is 1. The zero-order chi connectivity index (χ0) is 18.3. The molecule has 7 heteroatoms. The second kappa shape index (κ2) is 6.38. The van der Waals surface area contributed by atoms with Crippen molar-refractivity contribution in [2.45, 2.75) is 19.4 Å². The van der Waals surface area contributed by atoms with Gasteiger partial charge in [-0.25, -0.2) is 0 Å². The highest BCUT2D eigenvalue weighted by Gasteiger charge is 2.32. The number of amides is 1. The van der Waals surface area contributed by atoms with Crippen LogP contribution in [0.15, 0.2) is 52.2 Å². The van der Waals surface area contributed by atoms with E-state index < -0.39 is 11.9 Å². The fraction of sp³-hybridized carbons (Fsp3) is 0.158. The Labute approximate surface area is 154 Å². The quantitative estimate of drug-likeness (QED) is 0.767. The third-order valence-corrected chi connectivity index (χ3v) is 4.66. The molecule has 3 aromatic rings. The van der Waals surface area contributed by atoms with E-state index in [-0.39, 0.29) is 6.42 Å². The van der Waals surface area contributed by atoms with Crippen LogP contribution in [0.5, 0.6) is 0 Å². The zero-order valence-corrected chi connectivity index (χ0v) is 14.7. The van der Waals surface area contributed by atoms with Gasteiger partial charge in [-0.1, -0.05) is 28.9 Å². The molecule has 1 atom stereocenters. The SMILES string of the molecule is Cc1noc2c1-c1cccc(Cl)c1C(c1ccncc1)=N[C@H]2CC(N)=O. The lowest BCUT2D eigenvalue weighted by Crippen LogP contribution is -2.15. The molecule has 0 fully saturated rings. The van der Waals surface area contributed by atoms with Crippen molar-refractivity contribution >= 4 is 23.2 Å². The van der Waals surface area contributed by atoms with Gasteiger partial charge in [-0.05, 0) is 30.7 Å². The first-order valence-corrected chi connectivity index (χ1v) is 8.46. The Morgan fingerprint density at radius 1 is 1.23 bits per heavy atom. The van der Waals surface area contributed by atoms with Crippen LogP contribution in [0.25, 0.3) is 11.1 Å². The van der Waals surface area contributed by atoms with Gasteiger partial charge in [0.25, 0.3) is 0 Å². The number of fused-ring (bicyclic) bond motifs is 3. The molecule has 2 aromatic heterocycles. The molecule has 26 heavy (non-hydrogen) atoms. The molecule has 0 aliphatic carbocycles. The van der Waals surface area contributed by atoms with Crippen LogP contribution in [-0.2, 0) is 4.79 Å². The summed E-state index contributed by atoms with van der Waals surface area (Å²) in [5.41, 5.74) is 10.1. The van der Waals surface area contributed by atoms with E-state index in [2.05, 4.69) is 10.1 Å². The Kier molecular flexibility index (Phi) is 4.05. The van der Waals surface area contributed by atoms with E-state index in [9.17, 15) is 4.79 Å². The summed E-state index contributed by atoms with van der Waals surface area (Å²) in [5.74, 6) is 0.0544. The van der Waals surface area contributed by atoms with Crippen LogP contribution in [0.1, 0.15) is 35.0 Å². The minimum atomic E-state index is -0.574. The van der Waals surface area contributed by atoms with Crippen LogP contribution in [0, 0.1) is 6.92 Å². The summed E-state index contributed by atoms with van der Waals surface area (Å²) >= 11 is 6.56. The Balaban J connectivity index is 2.06. The number of nitrogens with zero attached hydrogens (tertiary/aromatic N) is 3. The van der Waals surface area contributed by atoms with Crippen molar-refractivity contribution < 1.29 is 9.32 Å². The van der Waals surface area contributed by atoms with Gasteiger partial charge in [0.15, 0.2) is 5.76 Å². The molecule has 0 bridgehead atoms. The standard InChI is InChI=1S/C19H15ClN4O2/c1-10-16-12-3-2-4-13(20)17(12)18(11-5-7-22-8-6-11)23-14(9-15(21)25)19(16)26-24-10/h2-8,14H,9H2,1H3,(H2,21,25)/t14-/m0/s1. The van der Waals surface area contributed by atoms with E-state index in [4.69, 9.17) is 26.9 Å². The first-order chi connectivity index (χ1) is 12.6. The summed E-state index contributed by atoms with van der Waals surface area (Å²) in [6.45, 7) is 1.85. The maximum atomic E-state index is 11.6. The molecule has 1 aromatic carbocycles. The van der Waals surface area contributed by atoms with Gasteiger partial charge in [-0.2, -0.15) is 0 Å². The topological polar surface area (TPSA) is 94.4 Å². The molecule has 1 aliphatic rings. The fourth-order valence-electron chi connectivity index (χ4n) is 3.25. The van der Waals surface area contributed by atoms with Crippen molar-refractivity contribution in [2.24, 2.45) is 10.7 Å². The number of hydrogen-bond acceptors (Lipinski definition) is 5. The molecule has 0 saturated carbocycles. The van der Waals surface area contributed by atoms with Crippen LogP contribution in [0.4, 0.5) is 0 Å². The van der Waals surface area contributed by atoms with Gasteiger partial charge in [0, 0.05) is 23.5 Å². The first-order valence-electron chi connectivity index (χ1n) is 8.08. The van der Waals surface area contributed by atoms with E-state index in [1.165, 1.54) is 0 Å². The van der Waals surface area contributed by atoms with Gasteiger partial charge >= 0.3 is 0 Å². The van der Waals surface area contributed by atoms with Gasteiger partial charge in [0.1, 0.15) is 6.04 Å². The third kappa shape index (κ3) is 2.68. The van der Waals surface area contributed by atoms with Crippen molar-refractivity contribution in [3.63, 3.8) is 0 Å². The molecule has 6 nitrogen and oxygen atoms in total. The van der Waals surface area contributed by atoms with Crippen LogP contribution >= 0.6 is 11.6 Å². The normalized spacial score (nSPS) is 15.6. The average molecular weight is 367 g/mol. The number of halogens is 1. The molecular formula is C19H15ClN4O2. The van der Waals surface area contributed by atoms with Crippen molar-refractivity contribution in [2.75, 3.05) is 0 Å². The van der Waals surface area contributed by atoms with Gasteiger partial charge in [-0.3, -0.25) is 14.8 Å². The molecule has 0 saturated heterocycles. The lowest BCUT2D eigenvalue weighted by atomic mass is 9.93. The predicted octanol–water partition coefficient (Wildman–Crippen LogP) is 3.47. The predicted molar refractivity (Wildman–Crippen MR) is 98.1 cm³/mol. The Morgan fingerprint density at radius 2 is 2.00 bits per heavy atom. The average Bonchev–Trinajstić information content (AvgIpc) is 2.94. The molecule has 1 aliphatic heterocycles. The van der Waals surface area contributed by atoms with Crippen LogP contribution in [0.2, 0.25) is 5.02 Å². The van der Waals surface area contributed by atoms with E-state index in [0.29, 0.717) is 22.2 Å². The van der Waals surface area contributed by atoms with Gasteiger partial charge < -0.3 is 10.3 Å². The lowest BCUT2D eigenvalue weighted by molar-refractivity contribution is -0.118. The summed E-state index contributed by atoms with van der Waals surface area (Å²) < 4.78 is 5.54. The summed E-state index contributed by atoms with van der Waals surface area (Å²) in [7, 11) is 0. The van der Waals surface area contributed by atoms with Gasteiger partial charge in [-0.15, -0.1) is 0 Å². The molecular weight excluding hydrogens is 352 g/mol. The number of rotatable bonds is 3. The minimum absolute atomic E-state index is 0.0157. The number of carbonyl (C=O) groups excluding carboxylic acids is 1. The van der Waals surface area contributed by atoms with Gasteiger partial charge in [0.05, 0.1) is 28.4 Å². The van der Waals surface area contributed by atoms with Crippen LogP contribution in [0.3, 0.4) is 0 Å².